The molecule has 0 aliphatic heterocycles. The quantitative estimate of drug-likeness (QED) is 0.362. The fourth-order valence-corrected chi connectivity index (χ4v) is 0.269. The summed E-state index contributed by atoms with van der Waals surface area (Å²) in [7, 11) is 0. The zero-order chi connectivity index (χ0) is 5.54. The molecule has 0 aromatic carbocycles. The first kappa shape index (κ1) is 10.8. The number of hydrogen-bond acceptors (Lipinski definition) is 3. The summed E-state index contributed by atoms with van der Waals surface area (Å²) < 4.78 is 0. The van der Waals surface area contributed by atoms with E-state index in [9.17, 15) is 0 Å². The Bertz CT molecular complexity index is 34.1. The van der Waals surface area contributed by atoms with Gasteiger partial charge in [-0.3, -0.25) is 10.9 Å². The van der Waals surface area contributed by atoms with Crippen molar-refractivity contribution in [3.8, 4) is 0 Å². The molecule has 0 amide bonds. The maximum atomic E-state index is 8.19. The molecule has 0 fully saturated rings. The summed E-state index contributed by atoms with van der Waals surface area (Å²) in [6.45, 7) is 3.69. The summed E-state index contributed by atoms with van der Waals surface area (Å²) in [5.41, 5.74) is 5.62. The lowest BCUT2D eigenvalue weighted by Crippen LogP contribution is -2.33. The number of hydrazine groups is 1. The van der Waals surface area contributed by atoms with E-state index in [2.05, 4.69) is 10.9 Å². The molecule has 0 aromatic rings. The molecule has 0 unspecified atom stereocenters. The predicted molar refractivity (Wildman–Crippen MR) is 37.6 cm³/mol. The molecule has 0 bridgehead atoms. The lowest BCUT2D eigenvalue weighted by molar-refractivity contribution is 0.284. The van der Waals surface area contributed by atoms with E-state index in [4.69, 9.17) is 5.11 Å². The molecular weight excluding hydrogens is 104 g/mol. The first-order chi connectivity index (χ1) is 3.41. The third-order valence-electron chi connectivity index (χ3n) is 0.539. The van der Waals surface area contributed by atoms with Gasteiger partial charge in [0.1, 0.15) is 0 Å². The molecule has 0 spiro atoms. The normalized spacial score (nSPS) is 8.25. The third-order valence-corrected chi connectivity index (χ3v) is 0.539. The fourth-order valence-electron chi connectivity index (χ4n) is 0.269. The largest absolute Gasteiger partial charge is 0.395 e. The Kier molecular flexibility index (Phi) is 13.5. The number of hydrogen-bond donors (Lipinski definition) is 3. The molecule has 0 radical (unpaired) electrons. The first-order valence-electron chi connectivity index (χ1n) is 2.48. The minimum atomic E-state index is 0. The first-order valence-corrected chi connectivity index (χ1v) is 2.48. The van der Waals surface area contributed by atoms with Gasteiger partial charge in [-0.1, -0.05) is 14.4 Å². The maximum absolute atomic E-state index is 8.19. The Labute approximate surface area is 52.6 Å². The van der Waals surface area contributed by atoms with E-state index in [0.717, 1.165) is 6.54 Å². The van der Waals surface area contributed by atoms with Crippen molar-refractivity contribution in [1.29, 1.82) is 0 Å². The standard InChI is InChI=1S/C4H12N2O.CH4.H2/c1-2-5-6-3-4-7;;/h5-7H,2-4H2,1H3;1H4;1H. The third kappa shape index (κ3) is 9.30. The number of rotatable bonds is 4. The smallest absolute Gasteiger partial charge is 0.0569 e. The van der Waals surface area contributed by atoms with Crippen molar-refractivity contribution in [1.82, 2.24) is 10.9 Å². The van der Waals surface area contributed by atoms with E-state index in [1.807, 2.05) is 6.92 Å². The molecule has 0 aliphatic carbocycles. The molecule has 0 saturated heterocycles. The van der Waals surface area contributed by atoms with Crippen LogP contribution in [0.5, 0.6) is 0 Å². The van der Waals surface area contributed by atoms with Crippen LogP contribution in [0.4, 0.5) is 0 Å². The van der Waals surface area contributed by atoms with Crippen molar-refractivity contribution in [3.05, 3.63) is 0 Å². The minimum absolute atomic E-state index is 0. The molecule has 3 N–H and O–H groups in total. The van der Waals surface area contributed by atoms with Gasteiger partial charge in [0, 0.05) is 14.5 Å². The summed E-state index contributed by atoms with van der Waals surface area (Å²) in [5, 5.41) is 8.19. The van der Waals surface area contributed by atoms with Crippen LogP contribution in [-0.4, -0.2) is 24.8 Å². The second kappa shape index (κ2) is 9.99. The minimum Gasteiger partial charge on any atom is -0.395 e. The zero-order valence-corrected chi connectivity index (χ0v) is 4.57. The Balaban J connectivity index is -0.000000180. The summed E-state index contributed by atoms with van der Waals surface area (Å²) in [6.07, 6.45) is 0. The molecule has 3 heteroatoms. The molecule has 0 rings (SSSR count). The molecule has 0 heterocycles. The fraction of sp³-hybridized carbons (Fsp3) is 1.00. The molecule has 54 valence electrons. The zero-order valence-electron chi connectivity index (χ0n) is 4.57. The second-order valence-electron chi connectivity index (χ2n) is 1.18. The van der Waals surface area contributed by atoms with Gasteiger partial charge in [-0.15, -0.1) is 0 Å². The Morgan fingerprint density at radius 3 is 2.50 bits per heavy atom. The lowest BCUT2D eigenvalue weighted by Gasteiger charge is -1.98. The topological polar surface area (TPSA) is 44.3 Å². The molecule has 0 saturated carbocycles. The summed E-state index contributed by atoms with van der Waals surface area (Å²) in [5.74, 6) is 0. The van der Waals surface area contributed by atoms with Crippen LogP contribution in [0.2, 0.25) is 0 Å². The number of aliphatic hydroxyl groups excluding tert-OH is 1. The van der Waals surface area contributed by atoms with Crippen LogP contribution in [0.15, 0.2) is 0 Å². The molecule has 8 heavy (non-hydrogen) atoms. The van der Waals surface area contributed by atoms with E-state index in [1.54, 1.807) is 0 Å². The average Bonchev–Trinajstić information content (AvgIpc) is 1.69. The summed E-state index contributed by atoms with van der Waals surface area (Å²) in [4.78, 5) is 0. The second-order valence-corrected chi connectivity index (χ2v) is 1.18. The van der Waals surface area contributed by atoms with E-state index in [0.29, 0.717) is 6.54 Å². The Morgan fingerprint density at radius 2 is 2.12 bits per heavy atom. The molecule has 3 nitrogen and oxygen atoms in total. The molecule has 0 aromatic heterocycles. The highest BCUT2D eigenvalue weighted by Crippen LogP contribution is 1.48. The van der Waals surface area contributed by atoms with E-state index < -0.39 is 0 Å². The van der Waals surface area contributed by atoms with Crippen LogP contribution < -0.4 is 10.9 Å². The SMILES string of the molecule is C.CCNNCCO.[HH]. The molecule has 0 atom stereocenters. The van der Waals surface area contributed by atoms with Crippen LogP contribution in [-0.2, 0) is 0 Å². The van der Waals surface area contributed by atoms with Crippen LogP contribution in [0.1, 0.15) is 15.8 Å². The van der Waals surface area contributed by atoms with Crippen molar-refractivity contribution in [2.24, 2.45) is 0 Å². The van der Waals surface area contributed by atoms with Crippen molar-refractivity contribution in [2.45, 2.75) is 14.4 Å². The molecular formula is C5H18N2O. The lowest BCUT2D eigenvalue weighted by atomic mass is 10.7. The van der Waals surface area contributed by atoms with E-state index in [-0.39, 0.29) is 15.5 Å². The Hall–Kier alpha value is -0.120. The molecule has 0 aliphatic rings. The van der Waals surface area contributed by atoms with Gasteiger partial charge in [-0.05, 0) is 0 Å². The van der Waals surface area contributed by atoms with Gasteiger partial charge >= 0.3 is 0 Å². The van der Waals surface area contributed by atoms with Crippen molar-refractivity contribution in [2.75, 3.05) is 19.7 Å². The predicted octanol–water partition coefficient (Wildman–Crippen LogP) is -0.0251. The maximum Gasteiger partial charge on any atom is 0.0569 e. The van der Waals surface area contributed by atoms with Gasteiger partial charge in [0.15, 0.2) is 0 Å². The van der Waals surface area contributed by atoms with Gasteiger partial charge in [0.05, 0.1) is 6.61 Å². The van der Waals surface area contributed by atoms with Crippen molar-refractivity contribution < 1.29 is 6.53 Å². The number of nitrogens with one attached hydrogen (secondary N) is 2. The van der Waals surface area contributed by atoms with Crippen molar-refractivity contribution in [3.63, 3.8) is 0 Å². The Morgan fingerprint density at radius 1 is 1.50 bits per heavy atom. The summed E-state index contributed by atoms with van der Waals surface area (Å²) >= 11 is 0. The van der Waals surface area contributed by atoms with E-state index >= 15 is 0 Å². The van der Waals surface area contributed by atoms with Crippen molar-refractivity contribution >= 4 is 0 Å². The van der Waals surface area contributed by atoms with Gasteiger partial charge in [-0.2, -0.15) is 0 Å². The monoisotopic (exact) mass is 122 g/mol. The van der Waals surface area contributed by atoms with Gasteiger partial charge in [0.2, 0.25) is 0 Å². The van der Waals surface area contributed by atoms with Gasteiger partial charge < -0.3 is 5.11 Å². The highest BCUT2D eigenvalue weighted by atomic mass is 16.3. The van der Waals surface area contributed by atoms with Gasteiger partial charge in [-0.25, -0.2) is 0 Å². The number of aliphatic hydroxyl groups is 1. The van der Waals surface area contributed by atoms with Crippen LogP contribution in [0.3, 0.4) is 0 Å². The van der Waals surface area contributed by atoms with Crippen LogP contribution in [0.25, 0.3) is 0 Å². The highest BCUT2D eigenvalue weighted by Gasteiger charge is 1.75. The average molecular weight is 122 g/mol. The summed E-state index contributed by atoms with van der Waals surface area (Å²) in [6, 6.07) is 0. The van der Waals surface area contributed by atoms with Crippen LogP contribution >= 0.6 is 0 Å². The van der Waals surface area contributed by atoms with E-state index in [1.165, 1.54) is 0 Å². The van der Waals surface area contributed by atoms with Gasteiger partial charge in [0.25, 0.3) is 0 Å². The highest BCUT2D eigenvalue weighted by molar-refractivity contribution is 4.32. The van der Waals surface area contributed by atoms with Crippen LogP contribution in [0, 0.1) is 0 Å².